The Bertz CT molecular complexity index is 869. The van der Waals surface area contributed by atoms with Crippen LogP contribution in [0.4, 0.5) is 5.69 Å². The molecule has 1 aliphatic carbocycles. The molecule has 0 unspecified atom stereocenters. The molecule has 0 N–H and O–H groups in total. The van der Waals surface area contributed by atoms with Gasteiger partial charge in [0.25, 0.3) is 0 Å². The highest BCUT2D eigenvalue weighted by Gasteiger charge is 2.54. The molecule has 31 heavy (non-hydrogen) atoms. The minimum Gasteiger partial charge on any atom is -0.399 e. The van der Waals surface area contributed by atoms with E-state index in [0.717, 1.165) is 29.6 Å². The summed E-state index contributed by atoms with van der Waals surface area (Å²) in [6, 6.07) is 7.24. The fraction of sp³-hybridized carbons (Fsp3) is 0.720. The highest BCUT2D eigenvalue weighted by atomic mass is 16.7. The first-order valence-electron chi connectivity index (χ1n) is 12.1. The Morgan fingerprint density at radius 1 is 0.903 bits per heavy atom. The third-order valence-corrected chi connectivity index (χ3v) is 8.57. The van der Waals surface area contributed by atoms with Crippen molar-refractivity contribution in [1.29, 1.82) is 0 Å². The third-order valence-electron chi connectivity index (χ3n) is 8.57. The first-order chi connectivity index (χ1) is 14.5. The smallest absolute Gasteiger partial charge is 0.399 e. The Kier molecular flexibility index (Phi) is 4.90. The van der Waals surface area contributed by atoms with E-state index in [2.05, 4.69) is 57.4 Å². The molecule has 3 heterocycles. The van der Waals surface area contributed by atoms with Crippen LogP contribution >= 0.6 is 0 Å². The van der Waals surface area contributed by atoms with Crippen LogP contribution in [-0.2, 0) is 9.31 Å². The lowest BCUT2D eigenvalue weighted by Gasteiger charge is -2.51. The molecule has 1 aromatic rings. The number of Topliss-reactive ketones (excluding diaryl/α,β-unsaturated/α-hetero) is 1. The second-order valence-corrected chi connectivity index (χ2v) is 11.5. The lowest BCUT2D eigenvalue weighted by molar-refractivity contribution is 0.00578. The average Bonchev–Trinajstić information content (AvgIpc) is 3.01. The summed E-state index contributed by atoms with van der Waals surface area (Å²) in [7, 11) is -0.404. The maximum Gasteiger partial charge on any atom is 0.494 e. The molecule has 0 bridgehead atoms. The van der Waals surface area contributed by atoms with Gasteiger partial charge in [0, 0.05) is 23.3 Å². The van der Waals surface area contributed by atoms with Crippen LogP contribution in [0, 0.1) is 0 Å². The van der Waals surface area contributed by atoms with Gasteiger partial charge in [-0.15, -0.1) is 0 Å². The third kappa shape index (κ3) is 3.29. The van der Waals surface area contributed by atoms with Crippen molar-refractivity contribution in [2.24, 2.45) is 0 Å². The topological polar surface area (TPSA) is 42.0 Å². The van der Waals surface area contributed by atoms with Gasteiger partial charge in [0.1, 0.15) is 0 Å². The second-order valence-electron chi connectivity index (χ2n) is 11.5. The van der Waals surface area contributed by atoms with Crippen molar-refractivity contribution in [3.63, 3.8) is 0 Å². The zero-order valence-electron chi connectivity index (χ0n) is 20.0. The Balaban J connectivity index is 1.40. The highest BCUT2D eigenvalue weighted by Crippen LogP contribution is 2.45. The van der Waals surface area contributed by atoms with Gasteiger partial charge in [0.2, 0.25) is 0 Å². The fourth-order valence-corrected chi connectivity index (χ4v) is 5.81. The summed E-state index contributed by atoms with van der Waals surface area (Å²) in [5.41, 5.74) is 1.65. The van der Waals surface area contributed by atoms with Gasteiger partial charge < -0.3 is 19.1 Å². The molecule has 0 spiro atoms. The average molecular weight is 424 g/mol. The number of benzene rings is 1. The van der Waals surface area contributed by atoms with Crippen molar-refractivity contribution in [3.05, 3.63) is 23.8 Å². The quantitative estimate of drug-likeness (QED) is 0.691. The minimum absolute atomic E-state index is 0.226. The van der Waals surface area contributed by atoms with Crippen LogP contribution in [0.2, 0.25) is 0 Å². The Morgan fingerprint density at radius 3 is 2.13 bits per heavy atom. The zero-order valence-corrected chi connectivity index (χ0v) is 20.0. The van der Waals surface area contributed by atoms with E-state index in [0.29, 0.717) is 12.1 Å². The van der Waals surface area contributed by atoms with Crippen LogP contribution in [0.15, 0.2) is 18.2 Å². The second kappa shape index (κ2) is 7.07. The van der Waals surface area contributed by atoms with Gasteiger partial charge in [-0.2, -0.15) is 0 Å². The molecule has 3 aliphatic heterocycles. The predicted molar refractivity (Wildman–Crippen MR) is 125 cm³/mol. The molecule has 0 atom stereocenters. The van der Waals surface area contributed by atoms with E-state index < -0.39 is 12.7 Å². The van der Waals surface area contributed by atoms with Crippen LogP contribution in [0.3, 0.4) is 0 Å². The molecule has 3 fully saturated rings. The number of rotatable bonds is 3. The number of anilines is 1. The molecular formula is C25H37BN2O3. The van der Waals surface area contributed by atoms with Crippen molar-refractivity contribution < 1.29 is 14.1 Å². The lowest BCUT2D eigenvalue weighted by atomic mass is 9.78. The molecule has 4 aliphatic rings. The molecule has 1 aromatic carbocycles. The summed E-state index contributed by atoms with van der Waals surface area (Å²) in [5, 5.41) is 0. The lowest BCUT2D eigenvalue weighted by Crippen LogP contribution is -2.60. The highest BCUT2D eigenvalue weighted by molar-refractivity contribution is 6.62. The largest absolute Gasteiger partial charge is 0.494 e. The van der Waals surface area contributed by atoms with E-state index in [1.54, 1.807) is 0 Å². The summed E-state index contributed by atoms with van der Waals surface area (Å²) < 4.78 is 12.6. The van der Waals surface area contributed by atoms with Crippen molar-refractivity contribution in [2.75, 3.05) is 18.0 Å². The molecule has 168 valence electrons. The van der Waals surface area contributed by atoms with Crippen LogP contribution in [0.25, 0.3) is 0 Å². The van der Waals surface area contributed by atoms with E-state index in [9.17, 15) is 4.79 Å². The van der Waals surface area contributed by atoms with Crippen LogP contribution in [0.5, 0.6) is 0 Å². The SMILES string of the molecule is CC1(C)C(=O)c2ccc(B3OC(C)(C)C(C)(C)O3)cc2N1C1CC(N2CCCCC2)C1. The van der Waals surface area contributed by atoms with Crippen molar-refractivity contribution in [2.45, 2.75) is 102 Å². The summed E-state index contributed by atoms with van der Waals surface area (Å²) in [5.74, 6) is 0.226. The Morgan fingerprint density at radius 2 is 1.52 bits per heavy atom. The van der Waals surface area contributed by atoms with E-state index in [1.807, 2.05) is 12.1 Å². The maximum atomic E-state index is 13.3. The van der Waals surface area contributed by atoms with Gasteiger partial charge in [-0.05, 0) is 97.9 Å². The minimum atomic E-state index is -0.506. The molecule has 5 nitrogen and oxygen atoms in total. The van der Waals surface area contributed by atoms with Crippen LogP contribution < -0.4 is 10.4 Å². The van der Waals surface area contributed by atoms with Crippen molar-refractivity contribution in [1.82, 2.24) is 4.90 Å². The predicted octanol–water partition coefficient (Wildman–Crippen LogP) is 3.78. The summed E-state index contributed by atoms with van der Waals surface area (Å²) in [6.45, 7) is 15.0. The van der Waals surface area contributed by atoms with Crippen LogP contribution in [0.1, 0.15) is 84.0 Å². The van der Waals surface area contributed by atoms with Crippen molar-refractivity contribution in [3.8, 4) is 0 Å². The van der Waals surface area contributed by atoms with Crippen molar-refractivity contribution >= 4 is 24.1 Å². The number of carbonyl (C=O) groups excluding carboxylic acids is 1. The monoisotopic (exact) mass is 424 g/mol. The number of carbonyl (C=O) groups is 1. The number of likely N-dealkylation sites (tertiary alicyclic amines) is 1. The number of nitrogens with zero attached hydrogens (tertiary/aromatic N) is 2. The molecule has 1 saturated carbocycles. The number of ketones is 1. The molecule has 5 rings (SSSR count). The number of fused-ring (bicyclic) bond motifs is 1. The molecule has 6 heteroatoms. The molecule has 0 radical (unpaired) electrons. The molecular weight excluding hydrogens is 387 g/mol. The van der Waals surface area contributed by atoms with E-state index in [4.69, 9.17) is 9.31 Å². The van der Waals surface area contributed by atoms with Gasteiger partial charge >= 0.3 is 7.12 Å². The van der Waals surface area contributed by atoms with Gasteiger partial charge in [0.15, 0.2) is 5.78 Å². The number of piperidine rings is 1. The fourth-order valence-electron chi connectivity index (χ4n) is 5.81. The summed E-state index contributed by atoms with van der Waals surface area (Å²) >= 11 is 0. The molecule has 0 aromatic heterocycles. The van der Waals surface area contributed by atoms with E-state index >= 15 is 0 Å². The number of hydrogen-bond acceptors (Lipinski definition) is 5. The zero-order chi connectivity index (χ0) is 22.2. The van der Waals surface area contributed by atoms with E-state index in [1.165, 1.54) is 32.4 Å². The standard InChI is InChI=1S/C25H37BN2O3/c1-23(2)22(29)20-11-10-17(26-30-24(3,4)25(5,6)31-26)14-21(20)28(23)19-15-18(16-19)27-12-8-7-9-13-27/h10-11,14,18-19H,7-9,12-13,15-16H2,1-6H3. The maximum absolute atomic E-state index is 13.3. The summed E-state index contributed by atoms with van der Waals surface area (Å²) in [4.78, 5) is 18.4. The Labute approximate surface area is 187 Å². The Hall–Kier alpha value is -1.37. The summed E-state index contributed by atoms with van der Waals surface area (Å²) in [6.07, 6.45) is 6.33. The number of hydrogen-bond donors (Lipinski definition) is 0. The molecule has 2 saturated heterocycles. The van der Waals surface area contributed by atoms with E-state index in [-0.39, 0.29) is 17.0 Å². The first-order valence-corrected chi connectivity index (χ1v) is 12.1. The van der Waals surface area contributed by atoms with Crippen LogP contribution in [-0.4, -0.2) is 59.7 Å². The molecule has 0 amide bonds. The first kappa shape index (κ1) is 21.5. The normalized spacial score (nSPS) is 31.6. The van der Waals surface area contributed by atoms with Gasteiger partial charge in [-0.25, -0.2) is 0 Å². The van der Waals surface area contributed by atoms with Gasteiger partial charge in [-0.1, -0.05) is 12.5 Å². The van der Waals surface area contributed by atoms with Gasteiger partial charge in [0.05, 0.1) is 16.7 Å². The van der Waals surface area contributed by atoms with Gasteiger partial charge in [-0.3, -0.25) is 4.79 Å².